The summed E-state index contributed by atoms with van der Waals surface area (Å²) in [6, 6.07) is 12.0. The van der Waals surface area contributed by atoms with Crippen LogP contribution in [0, 0.1) is 5.82 Å². The van der Waals surface area contributed by atoms with Crippen molar-refractivity contribution in [1.29, 1.82) is 0 Å². The smallest absolute Gasteiger partial charge is 0.354 e. The van der Waals surface area contributed by atoms with Gasteiger partial charge in [0.1, 0.15) is 23.0 Å². The van der Waals surface area contributed by atoms with Gasteiger partial charge in [0.05, 0.1) is 6.54 Å². The van der Waals surface area contributed by atoms with Crippen molar-refractivity contribution in [3.05, 3.63) is 83.3 Å². The maximum absolute atomic E-state index is 13.1. The first-order chi connectivity index (χ1) is 14.4. The molecule has 2 aromatic heterocycles. The van der Waals surface area contributed by atoms with Gasteiger partial charge in [-0.1, -0.05) is 12.1 Å². The van der Waals surface area contributed by atoms with E-state index in [1.807, 2.05) is 0 Å². The third-order valence-corrected chi connectivity index (χ3v) is 4.60. The van der Waals surface area contributed by atoms with E-state index in [1.165, 1.54) is 35.4 Å². The number of ether oxygens (including phenoxy) is 1. The normalized spacial score (nSPS) is 15.0. The molecule has 0 unspecified atom stereocenters. The maximum Gasteiger partial charge on any atom is 0.354 e. The Morgan fingerprint density at radius 1 is 1.17 bits per heavy atom. The molecule has 9 heteroatoms. The Bertz CT molecular complexity index is 1170. The first kappa shape index (κ1) is 19.5. The van der Waals surface area contributed by atoms with E-state index in [2.05, 4.69) is 4.98 Å². The van der Waals surface area contributed by atoms with Gasteiger partial charge in [0.25, 0.3) is 11.1 Å². The lowest BCUT2D eigenvalue weighted by molar-refractivity contribution is -0.123. The molecule has 1 N–H and O–H groups in total. The van der Waals surface area contributed by atoms with Crippen LogP contribution in [0.1, 0.15) is 21.8 Å². The van der Waals surface area contributed by atoms with E-state index in [0.29, 0.717) is 22.6 Å². The summed E-state index contributed by atoms with van der Waals surface area (Å²) in [6.45, 7) is 0.153. The zero-order valence-corrected chi connectivity index (χ0v) is 16.1. The molecule has 1 amide bonds. The van der Waals surface area contributed by atoms with Gasteiger partial charge in [-0.2, -0.15) is 0 Å². The van der Waals surface area contributed by atoms with E-state index >= 15 is 0 Å². The average Bonchev–Trinajstić information content (AvgIpc) is 3.30. The van der Waals surface area contributed by atoms with Gasteiger partial charge in [-0.3, -0.25) is 9.69 Å². The number of rotatable bonds is 5. The van der Waals surface area contributed by atoms with Gasteiger partial charge in [0, 0.05) is 17.8 Å². The fourth-order valence-electron chi connectivity index (χ4n) is 2.79. The molecule has 0 atom stereocenters. The van der Waals surface area contributed by atoms with Crippen molar-refractivity contribution in [2.75, 3.05) is 0 Å². The second kappa shape index (κ2) is 7.88. The highest BCUT2D eigenvalue weighted by atomic mass is 32.1. The van der Waals surface area contributed by atoms with Crippen LogP contribution in [0.5, 0.6) is 0 Å². The molecule has 0 saturated carbocycles. The minimum atomic E-state index is -1.12. The summed E-state index contributed by atoms with van der Waals surface area (Å²) in [6.07, 6.45) is 2.80. The number of nitrogens with zero attached hydrogens (tertiary/aromatic N) is 2. The average molecular weight is 424 g/mol. The highest BCUT2D eigenvalue weighted by Crippen LogP contribution is 2.26. The monoisotopic (exact) mass is 424 g/mol. The van der Waals surface area contributed by atoms with E-state index in [0.717, 1.165) is 0 Å². The molecule has 150 valence electrons. The fourth-order valence-corrected chi connectivity index (χ4v) is 3.03. The summed E-state index contributed by atoms with van der Waals surface area (Å²) in [4.78, 5) is 28.6. The number of carboxylic acids is 1. The lowest BCUT2D eigenvalue weighted by atomic mass is 10.2. The van der Waals surface area contributed by atoms with Gasteiger partial charge in [-0.05, 0) is 54.2 Å². The second-order valence-corrected chi connectivity index (χ2v) is 6.68. The van der Waals surface area contributed by atoms with E-state index in [1.54, 1.807) is 30.3 Å². The topological polar surface area (TPSA) is 92.9 Å². The molecule has 1 aliphatic rings. The Kier molecular flexibility index (Phi) is 5.11. The van der Waals surface area contributed by atoms with Crippen LogP contribution in [0.25, 0.3) is 17.4 Å². The van der Waals surface area contributed by atoms with Crippen molar-refractivity contribution in [1.82, 2.24) is 9.88 Å². The summed E-state index contributed by atoms with van der Waals surface area (Å²) in [5.74, 6) is -1.13. The first-order valence-corrected chi connectivity index (χ1v) is 9.11. The molecule has 1 saturated heterocycles. The quantitative estimate of drug-likeness (QED) is 0.491. The maximum atomic E-state index is 13.1. The van der Waals surface area contributed by atoms with Crippen LogP contribution in [0.15, 0.2) is 64.9 Å². The van der Waals surface area contributed by atoms with Crippen LogP contribution in [0.2, 0.25) is 0 Å². The summed E-state index contributed by atoms with van der Waals surface area (Å²) < 4.78 is 24.1. The van der Waals surface area contributed by atoms with Crippen molar-refractivity contribution < 1.29 is 28.2 Å². The molecule has 1 fully saturated rings. The van der Waals surface area contributed by atoms with Gasteiger partial charge in [-0.25, -0.2) is 14.2 Å². The number of benzene rings is 1. The van der Waals surface area contributed by atoms with Crippen LogP contribution in [0.3, 0.4) is 0 Å². The largest absolute Gasteiger partial charge is 0.477 e. The van der Waals surface area contributed by atoms with Crippen molar-refractivity contribution in [3.63, 3.8) is 0 Å². The van der Waals surface area contributed by atoms with Crippen molar-refractivity contribution in [3.8, 4) is 11.3 Å². The number of aromatic carboxylic acids is 1. The van der Waals surface area contributed by atoms with Crippen molar-refractivity contribution >= 4 is 35.3 Å². The van der Waals surface area contributed by atoms with E-state index in [9.17, 15) is 14.0 Å². The van der Waals surface area contributed by atoms with Crippen molar-refractivity contribution in [2.45, 2.75) is 6.54 Å². The molecule has 0 bridgehead atoms. The van der Waals surface area contributed by atoms with Crippen LogP contribution < -0.4 is 0 Å². The number of thiocarbonyl (C=S) groups is 1. The first-order valence-electron chi connectivity index (χ1n) is 8.70. The third kappa shape index (κ3) is 3.96. The van der Waals surface area contributed by atoms with Gasteiger partial charge in [-0.15, -0.1) is 0 Å². The number of amides is 1. The molecular weight excluding hydrogens is 411 g/mol. The van der Waals surface area contributed by atoms with Crippen LogP contribution >= 0.6 is 12.2 Å². The van der Waals surface area contributed by atoms with Crippen molar-refractivity contribution in [2.24, 2.45) is 0 Å². The van der Waals surface area contributed by atoms with Gasteiger partial charge < -0.3 is 14.3 Å². The zero-order valence-electron chi connectivity index (χ0n) is 15.2. The number of halogens is 1. The molecule has 1 aromatic carbocycles. The molecule has 3 aromatic rings. The molecule has 1 aliphatic heterocycles. The van der Waals surface area contributed by atoms with E-state index in [4.69, 9.17) is 26.5 Å². The molecule has 0 spiro atoms. The minimum Gasteiger partial charge on any atom is -0.477 e. The number of furan rings is 1. The Balaban J connectivity index is 1.51. The summed E-state index contributed by atoms with van der Waals surface area (Å²) >= 11 is 5.13. The predicted molar refractivity (Wildman–Crippen MR) is 108 cm³/mol. The molecule has 4 rings (SSSR count). The van der Waals surface area contributed by atoms with Crippen LogP contribution in [-0.4, -0.2) is 32.0 Å². The number of hydrogen-bond acceptors (Lipinski definition) is 6. The predicted octanol–water partition coefficient (Wildman–Crippen LogP) is 3.86. The summed E-state index contributed by atoms with van der Waals surface area (Å²) in [5, 5.41) is 8.91. The molecule has 0 radical (unpaired) electrons. The Labute approximate surface area is 175 Å². The lowest BCUT2D eigenvalue weighted by Gasteiger charge is -2.12. The minimum absolute atomic E-state index is 0.00219. The number of carbonyl (C=O) groups excluding carboxylic acids is 1. The zero-order chi connectivity index (χ0) is 21.3. The number of carboxylic acid groups (broad SMARTS) is 1. The Hall–Kier alpha value is -3.85. The van der Waals surface area contributed by atoms with Crippen LogP contribution in [0.4, 0.5) is 4.39 Å². The number of pyridine rings is 1. The number of carbonyl (C=O) groups is 2. The van der Waals surface area contributed by atoms with Crippen LogP contribution in [-0.2, 0) is 16.1 Å². The third-order valence-electron chi connectivity index (χ3n) is 4.29. The summed E-state index contributed by atoms with van der Waals surface area (Å²) in [5.41, 5.74) is 1.21. The number of hydrogen-bond donors (Lipinski definition) is 1. The standard InChI is InChI=1S/C21H13FN2O5S/c22-14-4-1-12(2-5-14)11-24-19(25)18(29-21(24)30)9-15-6-8-17(28-15)13-3-7-16(20(26)27)23-10-13/h1-10H,11H2,(H,26,27)/b18-9-. The highest BCUT2D eigenvalue weighted by Gasteiger charge is 2.33. The van der Waals surface area contributed by atoms with Gasteiger partial charge in [0.2, 0.25) is 0 Å². The highest BCUT2D eigenvalue weighted by molar-refractivity contribution is 7.80. The molecular formula is C21H13FN2O5S. The SMILES string of the molecule is O=C(O)c1ccc(-c2ccc(/C=C3\OC(=S)N(Cc4ccc(F)cc4)C3=O)o2)cn1. The molecule has 0 aliphatic carbocycles. The molecule has 3 heterocycles. The second-order valence-electron chi connectivity index (χ2n) is 6.33. The Morgan fingerprint density at radius 3 is 2.60 bits per heavy atom. The van der Waals surface area contributed by atoms with E-state index < -0.39 is 11.9 Å². The molecule has 7 nitrogen and oxygen atoms in total. The fraction of sp³-hybridized carbons (Fsp3) is 0.0476. The molecule has 30 heavy (non-hydrogen) atoms. The number of aromatic nitrogens is 1. The summed E-state index contributed by atoms with van der Waals surface area (Å²) in [7, 11) is 0. The van der Waals surface area contributed by atoms with Gasteiger partial charge >= 0.3 is 5.97 Å². The van der Waals surface area contributed by atoms with E-state index in [-0.39, 0.29) is 29.0 Å². The van der Waals surface area contributed by atoms with Gasteiger partial charge in [0.15, 0.2) is 5.76 Å². The Morgan fingerprint density at radius 2 is 1.93 bits per heavy atom. The lowest BCUT2D eigenvalue weighted by Crippen LogP contribution is -2.27.